The van der Waals surface area contributed by atoms with Crippen LogP contribution in [0.2, 0.25) is 0 Å². The van der Waals surface area contributed by atoms with Crippen LogP contribution in [0.5, 0.6) is 0 Å². The second-order valence-electron chi connectivity index (χ2n) is 5.45. The fourth-order valence-corrected chi connectivity index (χ4v) is 2.63. The Bertz CT molecular complexity index is 677. The molecule has 1 fully saturated rings. The summed E-state index contributed by atoms with van der Waals surface area (Å²) < 4.78 is 32.8. The van der Waals surface area contributed by atoms with Gasteiger partial charge in [0.1, 0.15) is 17.3 Å². The summed E-state index contributed by atoms with van der Waals surface area (Å²) in [4.78, 5) is 16.8. The zero-order valence-corrected chi connectivity index (χ0v) is 12.0. The third kappa shape index (κ3) is 2.46. The molecule has 2 heterocycles. The number of nitrogens with one attached hydrogen (secondary N) is 1. The Morgan fingerprint density at radius 1 is 1.45 bits per heavy atom. The van der Waals surface area contributed by atoms with Crippen molar-refractivity contribution in [1.82, 2.24) is 9.88 Å². The largest absolute Gasteiger partial charge is 0.394 e. The summed E-state index contributed by atoms with van der Waals surface area (Å²) in [6, 6.07) is 3.17. The van der Waals surface area contributed by atoms with Gasteiger partial charge in [0, 0.05) is 11.9 Å². The van der Waals surface area contributed by atoms with Gasteiger partial charge in [-0.05, 0) is 25.1 Å². The summed E-state index contributed by atoms with van der Waals surface area (Å²) in [6.45, 7) is 2.17. The molecule has 1 aliphatic heterocycles. The molecule has 5 nitrogen and oxygen atoms in total. The van der Waals surface area contributed by atoms with E-state index in [-0.39, 0.29) is 41.7 Å². The normalized spacial score (nSPS) is 22.3. The van der Waals surface area contributed by atoms with Crippen LogP contribution in [0.25, 0.3) is 10.9 Å². The summed E-state index contributed by atoms with van der Waals surface area (Å²) in [5.41, 5.74) is 0.0902. The van der Waals surface area contributed by atoms with E-state index in [2.05, 4.69) is 4.98 Å². The van der Waals surface area contributed by atoms with Gasteiger partial charge in [-0.15, -0.1) is 0 Å². The monoisotopic (exact) mass is 310 g/mol. The smallest absolute Gasteiger partial charge is 0.270 e. The molecule has 1 amide bonds. The second kappa shape index (κ2) is 5.66. The first-order valence-electron chi connectivity index (χ1n) is 7.01. The molecule has 118 valence electrons. The Morgan fingerprint density at radius 2 is 2.18 bits per heavy atom. The van der Waals surface area contributed by atoms with Crippen LogP contribution in [0, 0.1) is 11.6 Å². The van der Waals surface area contributed by atoms with Crippen molar-refractivity contribution < 1.29 is 23.4 Å². The van der Waals surface area contributed by atoms with Crippen molar-refractivity contribution in [3.8, 4) is 0 Å². The first-order valence-corrected chi connectivity index (χ1v) is 7.01. The minimum atomic E-state index is -0.612. The molecule has 3 rings (SSSR count). The number of halogens is 2. The van der Waals surface area contributed by atoms with Gasteiger partial charge in [-0.3, -0.25) is 4.79 Å². The van der Waals surface area contributed by atoms with E-state index in [0.717, 1.165) is 12.1 Å². The number of aliphatic hydroxyl groups is 1. The maximum Gasteiger partial charge on any atom is 0.270 e. The number of fused-ring (bicyclic) bond motifs is 1. The van der Waals surface area contributed by atoms with E-state index >= 15 is 0 Å². The highest BCUT2D eigenvalue weighted by Crippen LogP contribution is 2.23. The number of nitrogens with zero attached hydrogens (tertiary/aromatic N) is 1. The van der Waals surface area contributed by atoms with Crippen molar-refractivity contribution in [3.63, 3.8) is 0 Å². The molecule has 0 bridgehead atoms. The van der Waals surface area contributed by atoms with E-state index in [1.54, 1.807) is 0 Å². The molecular weight excluding hydrogens is 294 g/mol. The van der Waals surface area contributed by atoms with Crippen molar-refractivity contribution in [1.29, 1.82) is 0 Å². The number of ether oxygens (including phenoxy) is 1. The first kappa shape index (κ1) is 14.9. The average Bonchev–Trinajstić information content (AvgIpc) is 2.97. The molecule has 0 unspecified atom stereocenters. The van der Waals surface area contributed by atoms with Gasteiger partial charge in [0.25, 0.3) is 5.91 Å². The lowest BCUT2D eigenvalue weighted by Gasteiger charge is -2.37. The molecule has 1 aromatic heterocycles. The van der Waals surface area contributed by atoms with Gasteiger partial charge in [0.05, 0.1) is 30.9 Å². The minimum absolute atomic E-state index is 0.0250. The number of aromatic nitrogens is 1. The SMILES string of the molecule is C[C@@H]1CO[C@@H](CO)CN1C(=O)c1cc2c(F)ccc(F)c2[nH]1. The van der Waals surface area contributed by atoms with Crippen LogP contribution < -0.4 is 0 Å². The molecule has 0 saturated carbocycles. The number of hydrogen-bond donors (Lipinski definition) is 2. The average molecular weight is 310 g/mol. The number of benzene rings is 1. The van der Waals surface area contributed by atoms with Crippen molar-refractivity contribution in [3.05, 3.63) is 35.5 Å². The van der Waals surface area contributed by atoms with Gasteiger partial charge >= 0.3 is 0 Å². The van der Waals surface area contributed by atoms with Crippen LogP contribution in [0.4, 0.5) is 8.78 Å². The highest BCUT2D eigenvalue weighted by Gasteiger charge is 2.31. The highest BCUT2D eigenvalue weighted by molar-refractivity contribution is 5.98. The van der Waals surface area contributed by atoms with E-state index in [9.17, 15) is 13.6 Å². The molecule has 0 aliphatic carbocycles. The quantitative estimate of drug-likeness (QED) is 0.887. The van der Waals surface area contributed by atoms with Crippen molar-refractivity contribution in [2.75, 3.05) is 19.8 Å². The van der Waals surface area contributed by atoms with E-state index in [1.807, 2.05) is 6.92 Å². The standard InChI is InChI=1S/C15H16F2N2O3/c1-8-7-22-9(6-20)5-19(8)15(21)13-4-10-11(16)2-3-12(17)14(10)18-13/h2-4,8-9,18,20H,5-7H2,1H3/t8-,9-/m1/s1. The molecule has 0 radical (unpaired) electrons. The molecule has 1 aliphatic rings. The van der Waals surface area contributed by atoms with Crippen LogP contribution in [-0.4, -0.2) is 52.8 Å². The molecule has 2 aromatic rings. The number of aliphatic hydroxyl groups excluding tert-OH is 1. The lowest BCUT2D eigenvalue weighted by Crippen LogP contribution is -2.52. The second-order valence-corrected chi connectivity index (χ2v) is 5.45. The third-order valence-electron chi connectivity index (χ3n) is 3.89. The van der Waals surface area contributed by atoms with Gasteiger partial charge in [0.15, 0.2) is 0 Å². The minimum Gasteiger partial charge on any atom is -0.394 e. The maximum absolute atomic E-state index is 13.7. The molecule has 7 heteroatoms. The number of carbonyl (C=O) groups is 1. The van der Waals surface area contributed by atoms with Crippen LogP contribution in [-0.2, 0) is 4.74 Å². The molecule has 1 saturated heterocycles. The molecule has 22 heavy (non-hydrogen) atoms. The van der Waals surface area contributed by atoms with Gasteiger partial charge < -0.3 is 19.7 Å². The van der Waals surface area contributed by atoms with Crippen LogP contribution in [0.3, 0.4) is 0 Å². The van der Waals surface area contributed by atoms with E-state index in [0.29, 0.717) is 6.61 Å². The lowest BCUT2D eigenvalue weighted by atomic mass is 10.1. The first-order chi connectivity index (χ1) is 10.5. The topological polar surface area (TPSA) is 65.6 Å². The number of carbonyl (C=O) groups excluding carboxylic acids is 1. The molecule has 2 atom stereocenters. The number of aromatic amines is 1. The van der Waals surface area contributed by atoms with E-state index < -0.39 is 17.7 Å². The number of morpholine rings is 1. The predicted molar refractivity (Wildman–Crippen MR) is 75.5 cm³/mol. The van der Waals surface area contributed by atoms with Gasteiger partial charge in [-0.25, -0.2) is 8.78 Å². The number of rotatable bonds is 2. The van der Waals surface area contributed by atoms with Gasteiger partial charge in [0.2, 0.25) is 0 Å². The third-order valence-corrected chi connectivity index (χ3v) is 3.89. The Hall–Kier alpha value is -1.99. The Labute approximate surface area is 125 Å². The summed E-state index contributed by atoms with van der Waals surface area (Å²) in [5, 5.41) is 9.21. The Balaban J connectivity index is 1.94. The number of H-pyrrole nitrogens is 1. The molecule has 2 N–H and O–H groups in total. The fraction of sp³-hybridized carbons (Fsp3) is 0.400. The number of hydrogen-bond acceptors (Lipinski definition) is 3. The van der Waals surface area contributed by atoms with Crippen molar-refractivity contribution >= 4 is 16.8 Å². The Kier molecular flexibility index (Phi) is 3.84. The summed E-state index contributed by atoms with van der Waals surface area (Å²) in [5.74, 6) is -1.57. The molecular formula is C15H16F2N2O3. The van der Waals surface area contributed by atoms with Gasteiger partial charge in [-0.1, -0.05) is 0 Å². The van der Waals surface area contributed by atoms with Crippen LogP contribution >= 0.6 is 0 Å². The fourth-order valence-electron chi connectivity index (χ4n) is 2.63. The van der Waals surface area contributed by atoms with Crippen LogP contribution in [0.15, 0.2) is 18.2 Å². The highest BCUT2D eigenvalue weighted by atomic mass is 19.1. The zero-order chi connectivity index (χ0) is 15.9. The van der Waals surface area contributed by atoms with Crippen molar-refractivity contribution in [2.45, 2.75) is 19.1 Å². The number of amides is 1. The van der Waals surface area contributed by atoms with E-state index in [4.69, 9.17) is 9.84 Å². The van der Waals surface area contributed by atoms with E-state index in [1.165, 1.54) is 11.0 Å². The maximum atomic E-state index is 13.7. The van der Waals surface area contributed by atoms with Gasteiger partial charge in [-0.2, -0.15) is 0 Å². The molecule has 1 aromatic carbocycles. The predicted octanol–water partition coefficient (Wildman–Crippen LogP) is 1.67. The summed E-state index contributed by atoms with van der Waals surface area (Å²) >= 11 is 0. The lowest BCUT2D eigenvalue weighted by molar-refractivity contribution is -0.0668. The Morgan fingerprint density at radius 3 is 2.86 bits per heavy atom. The van der Waals surface area contributed by atoms with Crippen molar-refractivity contribution in [2.24, 2.45) is 0 Å². The van der Waals surface area contributed by atoms with Crippen LogP contribution in [0.1, 0.15) is 17.4 Å². The molecule has 0 spiro atoms. The zero-order valence-electron chi connectivity index (χ0n) is 12.0. The summed E-state index contributed by atoms with van der Waals surface area (Å²) in [7, 11) is 0. The summed E-state index contributed by atoms with van der Waals surface area (Å²) in [6.07, 6.45) is -0.446.